The second-order valence-corrected chi connectivity index (χ2v) is 5.96. The molecule has 0 saturated carbocycles. The van der Waals surface area contributed by atoms with E-state index in [0.717, 1.165) is 30.2 Å². The first-order valence-electron chi connectivity index (χ1n) is 6.72. The van der Waals surface area contributed by atoms with Crippen LogP contribution >= 0.6 is 0 Å². The fourth-order valence-electron chi connectivity index (χ4n) is 1.73. The molecular weight excluding hydrogens is 252 g/mol. The predicted molar refractivity (Wildman–Crippen MR) is 79.4 cm³/mol. The first-order valence-corrected chi connectivity index (χ1v) is 6.72. The van der Waals surface area contributed by atoms with Gasteiger partial charge in [-0.3, -0.25) is 4.98 Å². The molecule has 0 bridgehead atoms. The Bertz CT molecular complexity index is 514. The lowest BCUT2D eigenvalue weighted by Gasteiger charge is -2.20. The van der Waals surface area contributed by atoms with Gasteiger partial charge in [0.15, 0.2) is 0 Å². The average molecular weight is 274 g/mol. The summed E-state index contributed by atoms with van der Waals surface area (Å²) in [5, 5.41) is 3.39. The van der Waals surface area contributed by atoms with Crippen LogP contribution in [0.4, 0.5) is 5.82 Å². The topological polar surface area (TPSA) is 54.2 Å². The fraction of sp³-hybridized carbons (Fsp3) is 0.467. The second-order valence-electron chi connectivity index (χ2n) is 5.96. The third kappa shape index (κ3) is 4.35. The third-order valence-electron chi connectivity index (χ3n) is 2.88. The highest BCUT2D eigenvalue weighted by molar-refractivity contribution is 5.35. The van der Waals surface area contributed by atoms with Crippen LogP contribution in [0.5, 0.6) is 0 Å². The minimum atomic E-state index is 0.0818. The summed E-state index contributed by atoms with van der Waals surface area (Å²) in [4.78, 5) is 10.9. The van der Waals surface area contributed by atoms with Crippen LogP contribution < -0.4 is 10.2 Å². The zero-order valence-corrected chi connectivity index (χ0v) is 12.6. The van der Waals surface area contributed by atoms with E-state index in [9.17, 15) is 0 Å². The van der Waals surface area contributed by atoms with Crippen molar-refractivity contribution in [2.45, 2.75) is 39.4 Å². The van der Waals surface area contributed by atoms with Crippen LogP contribution in [-0.4, -0.2) is 22.6 Å². The number of furan rings is 1. The van der Waals surface area contributed by atoms with Gasteiger partial charge in [0.1, 0.15) is 5.82 Å². The zero-order chi connectivity index (χ0) is 14.6. The highest BCUT2D eigenvalue weighted by Gasteiger charge is 2.10. The Morgan fingerprint density at radius 2 is 2.05 bits per heavy atom. The number of nitrogens with zero attached hydrogens (tertiary/aromatic N) is 3. The molecule has 0 aliphatic rings. The molecule has 0 saturated heterocycles. The van der Waals surface area contributed by atoms with E-state index in [1.54, 1.807) is 18.7 Å². The summed E-state index contributed by atoms with van der Waals surface area (Å²) in [6, 6.07) is 1.95. The smallest absolute Gasteiger partial charge is 0.147 e. The van der Waals surface area contributed by atoms with Gasteiger partial charge in [-0.25, -0.2) is 4.98 Å². The summed E-state index contributed by atoms with van der Waals surface area (Å²) in [7, 11) is 1.99. The first-order chi connectivity index (χ1) is 9.44. The highest BCUT2D eigenvalue weighted by Crippen LogP contribution is 2.12. The molecule has 2 aromatic heterocycles. The van der Waals surface area contributed by atoms with Crippen LogP contribution in [-0.2, 0) is 13.1 Å². The standard InChI is InChI=1S/C15H22N4O/c1-15(2,3)18-8-13-7-17-14(9-16-13)19(4)10-12-5-6-20-11-12/h5-7,9,11,18H,8,10H2,1-4H3. The molecule has 0 aliphatic heterocycles. The minimum Gasteiger partial charge on any atom is -0.472 e. The van der Waals surface area contributed by atoms with Crippen LogP contribution in [0.3, 0.4) is 0 Å². The van der Waals surface area contributed by atoms with E-state index in [1.165, 1.54) is 0 Å². The minimum absolute atomic E-state index is 0.0818. The molecule has 0 radical (unpaired) electrons. The maximum Gasteiger partial charge on any atom is 0.147 e. The Kier molecular flexibility index (Phi) is 4.39. The van der Waals surface area contributed by atoms with E-state index >= 15 is 0 Å². The van der Waals surface area contributed by atoms with Crippen molar-refractivity contribution in [3.63, 3.8) is 0 Å². The lowest BCUT2D eigenvalue weighted by Crippen LogP contribution is -2.35. The molecule has 2 heterocycles. The van der Waals surface area contributed by atoms with E-state index < -0.39 is 0 Å². The van der Waals surface area contributed by atoms with E-state index in [-0.39, 0.29) is 5.54 Å². The Morgan fingerprint density at radius 3 is 2.60 bits per heavy atom. The molecule has 20 heavy (non-hydrogen) atoms. The van der Waals surface area contributed by atoms with Crippen LogP contribution in [0.2, 0.25) is 0 Å². The van der Waals surface area contributed by atoms with Gasteiger partial charge in [0.05, 0.1) is 30.6 Å². The van der Waals surface area contributed by atoms with E-state index in [4.69, 9.17) is 4.42 Å². The lowest BCUT2D eigenvalue weighted by atomic mass is 10.1. The quantitative estimate of drug-likeness (QED) is 0.908. The molecule has 0 spiro atoms. The summed E-state index contributed by atoms with van der Waals surface area (Å²) in [5.41, 5.74) is 2.14. The molecular formula is C15H22N4O. The molecule has 1 N–H and O–H groups in total. The molecule has 0 unspecified atom stereocenters. The van der Waals surface area contributed by atoms with Gasteiger partial charge >= 0.3 is 0 Å². The van der Waals surface area contributed by atoms with Crippen molar-refractivity contribution in [1.82, 2.24) is 15.3 Å². The number of hydrogen-bond acceptors (Lipinski definition) is 5. The molecule has 5 nitrogen and oxygen atoms in total. The van der Waals surface area contributed by atoms with Gasteiger partial charge in [0.2, 0.25) is 0 Å². The van der Waals surface area contributed by atoms with Gasteiger partial charge in [-0.1, -0.05) is 0 Å². The van der Waals surface area contributed by atoms with Gasteiger partial charge in [-0.05, 0) is 26.8 Å². The number of rotatable bonds is 5. The van der Waals surface area contributed by atoms with Gasteiger partial charge in [0.25, 0.3) is 0 Å². The van der Waals surface area contributed by atoms with Crippen molar-refractivity contribution in [2.75, 3.05) is 11.9 Å². The molecule has 2 rings (SSSR count). The normalized spacial score (nSPS) is 11.6. The maximum atomic E-state index is 5.06. The fourth-order valence-corrected chi connectivity index (χ4v) is 1.73. The van der Waals surface area contributed by atoms with E-state index in [0.29, 0.717) is 0 Å². The van der Waals surface area contributed by atoms with Crippen molar-refractivity contribution in [2.24, 2.45) is 0 Å². The third-order valence-corrected chi connectivity index (χ3v) is 2.88. The summed E-state index contributed by atoms with van der Waals surface area (Å²) in [6.07, 6.45) is 7.04. The Balaban J connectivity index is 1.93. The molecule has 0 amide bonds. The van der Waals surface area contributed by atoms with Crippen molar-refractivity contribution in [1.29, 1.82) is 0 Å². The van der Waals surface area contributed by atoms with Gasteiger partial charge in [0, 0.05) is 31.2 Å². The summed E-state index contributed by atoms with van der Waals surface area (Å²) in [6.45, 7) is 7.88. The number of nitrogens with one attached hydrogen (secondary N) is 1. The molecule has 0 aromatic carbocycles. The molecule has 0 fully saturated rings. The monoisotopic (exact) mass is 274 g/mol. The summed E-state index contributed by atoms with van der Waals surface area (Å²) >= 11 is 0. The zero-order valence-electron chi connectivity index (χ0n) is 12.6. The Hall–Kier alpha value is -1.88. The van der Waals surface area contributed by atoms with E-state index in [1.807, 2.05) is 24.2 Å². The molecule has 0 atom stereocenters. The lowest BCUT2D eigenvalue weighted by molar-refractivity contribution is 0.421. The Labute approximate surface area is 120 Å². The van der Waals surface area contributed by atoms with Crippen molar-refractivity contribution in [3.8, 4) is 0 Å². The van der Waals surface area contributed by atoms with Gasteiger partial charge in [-0.15, -0.1) is 0 Å². The summed E-state index contributed by atoms with van der Waals surface area (Å²) in [5.74, 6) is 0.853. The molecule has 5 heteroatoms. The highest BCUT2D eigenvalue weighted by atomic mass is 16.3. The Morgan fingerprint density at radius 1 is 1.25 bits per heavy atom. The van der Waals surface area contributed by atoms with Crippen LogP contribution in [0.1, 0.15) is 32.0 Å². The number of aromatic nitrogens is 2. The summed E-state index contributed by atoms with van der Waals surface area (Å²) < 4.78 is 5.06. The maximum absolute atomic E-state index is 5.06. The van der Waals surface area contributed by atoms with E-state index in [2.05, 4.69) is 36.1 Å². The average Bonchev–Trinajstić information content (AvgIpc) is 2.89. The van der Waals surface area contributed by atoms with Crippen molar-refractivity contribution < 1.29 is 4.42 Å². The van der Waals surface area contributed by atoms with Crippen LogP contribution in [0, 0.1) is 0 Å². The first kappa shape index (κ1) is 14.5. The predicted octanol–water partition coefficient (Wildman–Crippen LogP) is 2.59. The molecule has 0 aliphatic carbocycles. The van der Waals surface area contributed by atoms with Crippen LogP contribution in [0.15, 0.2) is 35.4 Å². The number of anilines is 1. The molecule has 108 valence electrons. The molecule has 2 aromatic rings. The van der Waals surface area contributed by atoms with Gasteiger partial charge in [-0.2, -0.15) is 0 Å². The second kappa shape index (κ2) is 6.05. The number of hydrogen-bond donors (Lipinski definition) is 1. The van der Waals surface area contributed by atoms with Crippen molar-refractivity contribution >= 4 is 5.82 Å². The van der Waals surface area contributed by atoms with Crippen LogP contribution in [0.25, 0.3) is 0 Å². The largest absolute Gasteiger partial charge is 0.472 e. The van der Waals surface area contributed by atoms with Gasteiger partial charge < -0.3 is 14.6 Å². The van der Waals surface area contributed by atoms with Crippen molar-refractivity contribution in [3.05, 3.63) is 42.2 Å². The SMILES string of the molecule is CN(Cc1ccoc1)c1cnc(CNC(C)(C)C)cn1.